The Morgan fingerprint density at radius 3 is 2.87 bits per heavy atom. The van der Waals surface area contributed by atoms with Crippen molar-refractivity contribution in [1.82, 2.24) is 5.32 Å². The van der Waals surface area contributed by atoms with Crippen LogP contribution in [0.1, 0.15) is 32.6 Å². The Balaban J connectivity index is 1.78. The van der Waals surface area contributed by atoms with E-state index >= 15 is 0 Å². The van der Waals surface area contributed by atoms with Crippen LogP contribution in [0.2, 0.25) is 0 Å². The molecule has 3 heteroatoms. The van der Waals surface area contributed by atoms with E-state index < -0.39 is 0 Å². The van der Waals surface area contributed by atoms with Crippen LogP contribution >= 0.6 is 0 Å². The van der Waals surface area contributed by atoms with E-state index in [1.807, 2.05) is 0 Å². The number of hydrogen-bond acceptors (Lipinski definition) is 3. The molecule has 0 aromatic rings. The molecule has 0 radical (unpaired) electrons. The second kappa shape index (κ2) is 4.81. The van der Waals surface area contributed by atoms with Gasteiger partial charge in [-0.15, -0.1) is 0 Å². The van der Waals surface area contributed by atoms with Crippen molar-refractivity contribution in [3.8, 4) is 0 Å². The highest BCUT2D eigenvalue weighted by atomic mass is 16.5. The Kier molecular flexibility index (Phi) is 3.65. The van der Waals surface area contributed by atoms with Crippen LogP contribution in [0.25, 0.3) is 0 Å². The van der Waals surface area contributed by atoms with Crippen LogP contribution in [0.4, 0.5) is 0 Å². The Morgan fingerprint density at radius 2 is 2.33 bits per heavy atom. The molecule has 2 atom stereocenters. The van der Waals surface area contributed by atoms with E-state index in [1.165, 1.54) is 19.3 Å². The van der Waals surface area contributed by atoms with E-state index in [4.69, 9.17) is 10.5 Å². The minimum atomic E-state index is 0.0708. The molecular formula is C12H24N2O. The van der Waals surface area contributed by atoms with Crippen molar-refractivity contribution in [1.29, 1.82) is 0 Å². The number of ether oxygens (including phenoxy) is 1. The normalized spacial score (nSPS) is 34.0. The third kappa shape index (κ3) is 2.92. The van der Waals surface area contributed by atoms with E-state index in [1.54, 1.807) is 0 Å². The van der Waals surface area contributed by atoms with E-state index in [2.05, 4.69) is 12.2 Å². The molecule has 1 heterocycles. The van der Waals surface area contributed by atoms with Gasteiger partial charge in [0.1, 0.15) is 0 Å². The van der Waals surface area contributed by atoms with Crippen molar-refractivity contribution in [2.24, 2.45) is 17.6 Å². The highest BCUT2D eigenvalue weighted by Gasteiger charge is 2.33. The first-order chi connectivity index (χ1) is 7.26. The molecular weight excluding hydrogens is 188 g/mol. The minimum absolute atomic E-state index is 0.0708. The van der Waals surface area contributed by atoms with Crippen molar-refractivity contribution in [2.75, 3.05) is 26.3 Å². The summed E-state index contributed by atoms with van der Waals surface area (Å²) in [6.07, 6.45) is 5.16. The molecule has 1 aliphatic heterocycles. The second-order valence-corrected chi connectivity index (χ2v) is 5.34. The summed E-state index contributed by atoms with van der Waals surface area (Å²) in [5.74, 6) is 1.77. The van der Waals surface area contributed by atoms with Gasteiger partial charge in [0, 0.05) is 13.2 Å². The molecule has 0 bridgehead atoms. The van der Waals surface area contributed by atoms with Crippen LogP contribution in [0.5, 0.6) is 0 Å². The fourth-order valence-corrected chi connectivity index (χ4v) is 2.43. The Morgan fingerprint density at radius 1 is 1.53 bits per heavy atom. The maximum Gasteiger partial charge on any atom is 0.0660 e. The quantitative estimate of drug-likeness (QED) is 0.718. The molecule has 0 aromatic heterocycles. The molecule has 0 spiro atoms. The Labute approximate surface area is 92.7 Å². The first-order valence-corrected chi connectivity index (χ1v) is 6.29. The van der Waals surface area contributed by atoms with Gasteiger partial charge in [-0.2, -0.15) is 0 Å². The lowest BCUT2D eigenvalue weighted by molar-refractivity contribution is 0.0223. The standard InChI is InChI=1S/C12H24N2O/c1-10(11-3-4-11)7-14-12(8-13)5-2-6-15-9-12/h10-11,14H,2-9,13H2,1H3. The van der Waals surface area contributed by atoms with E-state index in [9.17, 15) is 0 Å². The van der Waals surface area contributed by atoms with Crippen molar-refractivity contribution in [3.05, 3.63) is 0 Å². The smallest absolute Gasteiger partial charge is 0.0660 e. The molecule has 1 aliphatic carbocycles. The summed E-state index contributed by atoms with van der Waals surface area (Å²) in [6.45, 7) is 5.84. The molecule has 2 unspecified atom stereocenters. The zero-order chi connectivity index (χ0) is 10.7. The van der Waals surface area contributed by atoms with Gasteiger partial charge in [-0.3, -0.25) is 0 Å². The average molecular weight is 212 g/mol. The van der Waals surface area contributed by atoms with Crippen LogP contribution in [-0.4, -0.2) is 31.8 Å². The monoisotopic (exact) mass is 212 g/mol. The molecule has 1 saturated heterocycles. The van der Waals surface area contributed by atoms with Crippen molar-refractivity contribution >= 4 is 0 Å². The van der Waals surface area contributed by atoms with Gasteiger partial charge in [-0.05, 0) is 44.1 Å². The van der Waals surface area contributed by atoms with E-state index in [-0.39, 0.29) is 5.54 Å². The average Bonchev–Trinajstić information content (AvgIpc) is 3.11. The summed E-state index contributed by atoms with van der Waals surface area (Å²) < 4.78 is 5.54. The molecule has 3 N–H and O–H groups in total. The predicted octanol–water partition coefficient (Wildman–Crippen LogP) is 1.13. The van der Waals surface area contributed by atoms with Gasteiger partial charge in [-0.1, -0.05) is 6.92 Å². The largest absolute Gasteiger partial charge is 0.379 e. The number of rotatable bonds is 5. The number of hydrogen-bond donors (Lipinski definition) is 2. The highest BCUT2D eigenvalue weighted by Crippen LogP contribution is 2.36. The third-order valence-corrected chi connectivity index (χ3v) is 3.94. The molecule has 0 aromatic carbocycles. The maximum absolute atomic E-state index is 5.87. The van der Waals surface area contributed by atoms with Gasteiger partial charge in [0.2, 0.25) is 0 Å². The zero-order valence-electron chi connectivity index (χ0n) is 9.80. The van der Waals surface area contributed by atoms with Gasteiger partial charge in [0.05, 0.1) is 12.1 Å². The fraction of sp³-hybridized carbons (Fsp3) is 1.00. The Bertz CT molecular complexity index is 198. The van der Waals surface area contributed by atoms with Gasteiger partial charge in [-0.25, -0.2) is 0 Å². The molecule has 1 saturated carbocycles. The van der Waals surface area contributed by atoms with E-state index in [0.717, 1.165) is 38.0 Å². The molecule has 0 amide bonds. The van der Waals surface area contributed by atoms with Crippen molar-refractivity contribution in [2.45, 2.75) is 38.1 Å². The van der Waals surface area contributed by atoms with Crippen LogP contribution in [0.15, 0.2) is 0 Å². The molecule has 3 nitrogen and oxygen atoms in total. The topological polar surface area (TPSA) is 47.3 Å². The Hall–Kier alpha value is -0.120. The summed E-state index contributed by atoms with van der Waals surface area (Å²) in [5.41, 5.74) is 5.94. The van der Waals surface area contributed by atoms with Crippen LogP contribution in [0.3, 0.4) is 0 Å². The van der Waals surface area contributed by atoms with Crippen LogP contribution < -0.4 is 11.1 Å². The minimum Gasteiger partial charge on any atom is -0.379 e. The highest BCUT2D eigenvalue weighted by molar-refractivity contribution is 4.92. The lowest BCUT2D eigenvalue weighted by Crippen LogP contribution is -2.57. The summed E-state index contributed by atoms with van der Waals surface area (Å²) in [4.78, 5) is 0. The first kappa shape index (κ1) is 11.4. The van der Waals surface area contributed by atoms with Gasteiger partial charge in [0.15, 0.2) is 0 Å². The summed E-state index contributed by atoms with van der Waals surface area (Å²) in [7, 11) is 0. The molecule has 2 rings (SSSR count). The second-order valence-electron chi connectivity index (χ2n) is 5.34. The SMILES string of the molecule is CC(CNC1(CN)CCCOC1)C1CC1. The van der Waals surface area contributed by atoms with Gasteiger partial charge >= 0.3 is 0 Å². The number of nitrogens with one attached hydrogen (secondary N) is 1. The van der Waals surface area contributed by atoms with Crippen LogP contribution in [-0.2, 0) is 4.74 Å². The van der Waals surface area contributed by atoms with Gasteiger partial charge in [0.25, 0.3) is 0 Å². The fourth-order valence-electron chi connectivity index (χ4n) is 2.43. The van der Waals surface area contributed by atoms with Crippen molar-refractivity contribution < 1.29 is 4.74 Å². The van der Waals surface area contributed by atoms with E-state index in [0.29, 0.717) is 6.54 Å². The first-order valence-electron chi connectivity index (χ1n) is 6.29. The summed E-state index contributed by atoms with van der Waals surface area (Å²) in [5, 5.41) is 3.66. The number of nitrogens with two attached hydrogens (primary N) is 1. The molecule has 88 valence electrons. The molecule has 15 heavy (non-hydrogen) atoms. The lowest BCUT2D eigenvalue weighted by Gasteiger charge is -2.37. The third-order valence-electron chi connectivity index (χ3n) is 3.94. The van der Waals surface area contributed by atoms with Crippen molar-refractivity contribution in [3.63, 3.8) is 0 Å². The summed E-state index contributed by atoms with van der Waals surface area (Å²) in [6, 6.07) is 0. The lowest BCUT2D eigenvalue weighted by atomic mass is 9.91. The molecule has 2 aliphatic rings. The van der Waals surface area contributed by atoms with Gasteiger partial charge < -0.3 is 15.8 Å². The maximum atomic E-state index is 5.87. The summed E-state index contributed by atoms with van der Waals surface area (Å²) >= 11 is 0. The predicted molar refractivity (Wildman–Crippen MR) is 61.7 cm³/mol. The van der Waals surface area contributed by atoms with Crippen LogP contribution in [0, 0.1) is 11.8 Å². The molecule has 2 fully saturated rings. The zero-order valence-corrected chi connectivity index (χ0v) is 9.80.